The van der Waals surface area contributed by atoms with Crippen LogP contribution in [0.2, 0.25) is 0 Å². The number of hydrogen-bond acceptors (Lipinski definition) is 6. The molecule has 0 spiro atoms. The molecule has 26 heavy (non-hydrogen) atoms. The van der Waals surface area contributed by atoms with Gasteiger partial charge >= 0.3 is 18.0 Å². The van der Waals surface area contributed by atoms with Gasteiger partial charge in [0.1, 0.15) is 19.8 Å². The molecule has 0 rings (SSSR count). The topological polar surface area (TPSA) is 90.9 Å². The summed E-state index contributed by atoms with van der Waals surface area (Å²) < 4.78 is 14.9. The second-order valence-corrected chi connectivity index (χ2v) is 8.29. The lowest BCUT2D eigenvalue weighted by Gasteiger charge is -2.33. The van der Waals surface area contributed by atoms with Gasteiger partial charge in [-0.25, -0.2) is 9.59 Å². The second-order valence-electron chi connectivity index (χ2n) is 8.29. The third-order valence-corrected chi connectivity index (χ3v) is 3.49. The maximum atomic E-state index is 12.4. The summed E-state index contributed by atoms with van der Waals surface area (Å²) in [7, 11) is 0. The Labute approximate surface area is 156 Å². The number of carbonyl (C=O) groups is 3. The van der Waals surface area contributed by atoms with E-state index in [-0.39, 0.29) is 49.1 Å². The number of hydrogen-bond donors (Lipinski definition) is 1. The van der Waals surface area contributed by atoms with E-state index in [9.17, 15) is 14.4 Å². The van der Waals surface area contributed by atoms with Gasteiger partial charge in [-0.15, -0.1) is 0 Å². The van der Waals surface area contributed by atoms with Crippen molar-refractivity contribution in [1.29, 1.82) is 0 Å². The zero-order chi connectivity index (χ0) is 20.4. The fourth-order valence-corrected chi connectivity index (χ4v) is 2.15. The molecule has 1 amide bonds. The molecule has 0 aliphatic heterocycles. The molecule has 0 aromatic heterocycles. The maximum Gasteiger partial charge on any atom is 0.407 e. The Balaban J connectivity index is 4.13. The molecular weight excluding hydrogens is 338 g/mol. The van der Waals surface area contributed by atoms with Gasteiger partial charge < -0.3 is 19.5 Å². The number of ether oxygens (including phenoxy) is 3. The van der Waals surface area contributed by atoms with Crippen molar-refractivity contribution < 1.29 is 28.6 Å². The molecule has 0 aromatic carbocycles. The zero-order valence-electron chi connectivity index (χ0n) is 16.8. The van der Waals surface area contributed by atoms with Crippen molar-refractivity contribution in [1.82, 2.24) is 5.32 Å². The molecule has 0 heterocycles. The summed E-state index contributed by atoms with van der Waals surface area (Å²) in [5.74, 6) is -1.08. The predicted octanol–water partition coefficient (Wildman–Crippen LogP) is 3.08. The van der Waals surface area contributed by atoms with E-state index in [2.05, 4.69) is 32.7 Å². The molecule has 0 radical (unpaired) electrons. The Morgan fingerprint density at radius 1 is 0.962 bits per heavy atom. The average Bonchev–Trinajstić information content (AvgIpc) is 2.51. The van der Waals surface area contributed by atoms with E-state index in [1.807, 2.05) is 20.8 Å². The van der Waals surface area contributed by atoms with Crippen LogP contribution in [0.15, 0.2) is 12.7 Å². The first kappa shape index (κ1) is 23.9. The number of rotatable bonds is 9. The Kier molecular flexibility index (Phi) is 9.98. The SMILES string of the molecule is C=CC(=O)OCCNC(=O)OCCOC(=O)C(CC(C)(C)C)C(C)(C)C. The summed E-state index contributed by atoms with van der Waals surface area (Å²) in [4.78, 5) is 34.6. The molecule has 7 heteroatoms. The Morgan fingerprint density at radius 2 is 1.54 bits per heavy atom. The molecule has 7 nitrogen and oxygen atoms in total. The van der Waals surface area contributed by atoms with Crippen molar-refractivity contribution in [3.8, 4) is 0 Å². The van der Waals surface area contributed by atoms with Crippen LogP contribution in [0.3, 0.4) is 0 Å². The Bertz CT molecular complexity index is 487. The van der Waals surface area contributed by atoms with Crippen molar-refractivity contribution in [3.05, 3.63) is 12.7 Å². The van der Waals surface area contributed by atoms with Crippen LogP contribution in [0, 0.1) is 16.7 Å². The molecule has 1 N–H and O–H groups in total. The van der Waals surface area contributed by atoms with Gasteiger partial charge in [0.05, 0.1) is 12.5 Å². The van der Waals surface area contributed by atoms with Gasteiger partial charge in [0.25, 0.3) is 0 Å². The molecule has 0 aromatic rings. The van der Waals surface area contributed by atoms with Crippen LogP contribution < -0.4 is 5.32 Å². The average molecular weight is 371 g/mol. The van der Waals surface area contributed by atoms with Gasteiger partial charge in [0, 0.05) is 6.08 Å². The number of esters is 2. The highest BCUT2D eigenvalue weighted by Crippen LogP contribution is 2.36. The van der Waals surface area contributed by atoms with E-state index in [4.69, 9.17) is 14.2 Å². The van der Waals surface area contributed by atoms with E-state index in [0.29, 0.717) is 6.42 Å². The molecular formula is C19H33NO6. The second kappa shape index (κ2) is 10.8. The quantitative estimate of drug-likeness (QED) is 0.290. The van der Waals surface area contributed by atoms with Crippen LogP contribution in [-0.2, 0) is 23.8 Å². The molecule has 150 valence electrons. The van der Waals surface area contributed by atoms with Crippen molar-refractivity contribution in [2.45, 2.75) is 48.0 Å². The fraction of sp³-hybridized carbons (Fsp3) is 0.737. The first-order chi connectivity index (χ1) is 11.9. The third kappa shape index (κ3) is 11.5. The minimum atomic E-state index is -0.669. The van der Waals surface area contributed by atoms with Gasteiger partial charge in [-0.2, -0.15) is 0 Å². The van der Waals surface area contributed by atoms with Crippen LogP contribution in [0.1, 0.15) is 48.0 Å². The van der Waals surface area contributed by atoms with E-state index >= 15 is 0 Å². The standard InChI is InChI=1S/C19H33NO6/c1-8-15(21)24-10-9-20-17(23)26-12-11-25-16(22)14(19(5,6)7)13-18(2,3)4/h8,14H,1,9-13H2,2-7H3,(H,20,23). The van der Waals surface area contributed by atoms with Crippen molar-refractivity contribution >= 4 is 18.0 Å². The monoisotopic (exact) mass is 371 g/mol. The van der Waals surface area contributed by atoms with Gasteiger partial charge in [-0.3, -0.25) is 4.79 Å². The van der Waals surface area contributed by atoms with Crippen molar-refractivity contribution in [3.63, 3.8) is 0 Å². The molecule has 1 unspecified atom stereocenters. The Morgan fingerprint density at radius 3 is 2.04 bits per heavy atom. The molecule has 0 aliphatic rings. The van der Waals surface area contributed by atoms with E-state index in [1.54, 1.807) is 0 Å². The van der Waals surface area contributed by atoms with Crippen LogP contribution >= 0.6 is 0 Å². The van der Waals surface area contributed by atoms with Crippen LogP contribution in [0.4, 0.5) is 4.79 Å². The number of amides is 1. The molecule has 0 saturated carbocycles. The molecule has 0 bridgehead atoms. The fourth-order valence-electron chi connectivity index (χ4n) is 2.15. The van der Waals surface area contributed by atoms with Gasteiger partial charge in [-0.1, -0.05) is 48.1 Å². The highest BCUT2D eigenvalue weighted by atomic mass is 16.6. The van der Waals surface area contributed by atoms with Crippen LogP contribution in [0.25, 0.3) is 0 Å². The Hall–Kier alpha value is -2.05. The first-order valence-electron chi connectivity index (χ1n) is 8.73. The van der Waals surface area contributed by atoms with Crippen molar-refractivity contribution in [2.75, 3.05) is 26.4 Å². The van der Waals surface area contributed by atoms with Gasteiger partial charge in [0.15, 0.2) is 0 Å². The van der Waals surface area contributed by atoms with E-state index in [1.165, 1.54) is 0 Å². The normalized spacial score (nSPS) is 12.7. The maximum absolute atomic E-state index is 12.4. The number of carbonyl (C=O) groups excluding carboxylic acids is 3. The lowest BCUT2D eigenvalue weighted by Crippen LogP contribution is -2.34. The lowest BCUT2D eigenvalue weighted by atomic mass is 9.72. The summed E-state index contributed by atoms with van der Waals surface area (Å²) in [6.07, 6.45) is 1.08. The smallest absolute Gasteiger partial charge is 0.407 e. The van der Waals surface area contributed by atoms with E-state index in [0.717, 1.165) is 6.08 Å². The summed E-state index contributed by atoms with van der Waals surface area (Å²) in [5.41, 5.74) is -0.214. The lowest BCUT2D eigenvalue weighted by molar-refractivity contribution is -0.155. The summed E-state index contributed by atoms with van der Waals surface area (Å²) in [6, 6.07) is 0. The minimum absolute atomic E-state index is 0.00239. The summed E-state index contributed by atoms with van der Waals surface area (Å²) >= 11 is 0. The van der Waals surface area contributed by atoms with Crippen LogP contribution in [0.5, 0.6) is 0 Å². The summed E-state index contributed by atoms with van der Waals surface area (Å²) in [6.45, 7) is 15.6. The molecule has 1 atom stereocenters. The third-order valence-electron chi connectivity index (χ3n) is 3.49. The molecule has 0 fully saturated rings. The summed E-state index contributed by atoms with van der Waals surface area (Å²) in [5, 5.41) is 2.42. The van der Waals surface area contributed by atoms with Crippen molar-refractivity contribution in [2.24, 2.45) is 16.7 Å². The van der Waals surface area contributed by atoms with Crippen LogP contribution in [-0.4, -0.2) is 44.4 Å². The number of nitrogens with one attached hydrogen (secondary N) is 1. The highest BCUT2D eigenvalue weighted by Gasteiger charge is 2.35. The van der Waals surface area contributed by atoms with Gasteiger partial charge in [0.2, 0.25) is 0 Å². The van der Waals surface area contributed by atoms with E-state index < -0.39 is 12.1 Å². The largest absolute Gasteiger partial charge is 0.462 e. The highest BCUT2D eigenvalue weighted by molar-refractivity contribution is 5.81. The molecule has 0 aliphatic carbocycles. The number of alkyl carbamates (subject to hydrolysis) is 1. The minimum Gasteiger partial charge on any atom is -0.462 e. The zero-order valence-corrected chi connectivity index (χ0v) is 16.8. The predicted molar refractivity (Wildman–Crippen MR) is 98.5 cm³/mol. The van der Waals surface area contributed by atoms with Gasteiger partial charge in [-0.05, 0) is 17.3 Å². The first-order valence-corrected chi connectivity index (χ1v) is 8.73. The molecule has 0 saturated heterocycles.